The molecule has 1 heterocycles. The van der Waals surface area contributed by atoms with Crippen molar-refractivity contribution >= 4 is 21.8 Å². The van der Waals surface area contributed by atoms with E-state index in [0.717, 1.165) is 36.1 Å². The monoisotopic (exact) mass is 327 g/mol. The van der Waals surface area contributed by atoms with Gasteiger partial charge in [-0.2, -0.15) is 0 Å². The van der Waals surface area contributed by atoms with Crippen molar-refractivity contribution in [3.8, 4) is 0 Å². The molecule has 104 valence electrons. The summed E-state index contributed by atoms with van der Waals surface area (Å²) in [5.74, 6) is 5.20. The number of amides is 1. The number of nitrogen functional groups attached to an aromatic ring is 1. The highest BCUT2D eigenvalue weighted by Crippen LogP contribution is 2.23. The quantitative estimate of drug-likeness (QED) is 0.435. The van der Waals surface area contributed by atoms with Crippen molar-refractivity contribution in [2.24, 2.45) is 11.8 Å². The fourth-order valence-corrected chi connectivity index (χ4v) is 2.85. The number of nitrogens with two attached hydrogens (primary N) is 1. The molecule has 0 radical (unpaired) electrons. The number of rotatable bonds is 4. The molecule has 19 heavy (non-hydrogen) atoms. The van der Waals surface area contributed by atoms with Gasteiger partial charge in [0.15, 0.2) is 0 Å². The Kier molecular flexibility index (Phi) is 4.93. The van der Waals surface area contributed by atoms with E-state index in [1.165, 1.54) is 0 Å². The van der Waals surface area contributed by atoms with Crippen LogP contribution in [0.3, 0.4) is 0 Å². The highest BCUT2D eigenvalue weighted by Gasteiger charge is 2.22. The Morgan fingerprint density at radius 2 is 2.37 bits per heavy atom. The van der Waals surface area contributed by atoms with E-state index in [1.54, 1.807) is 12.1 Å². The van der Waals surface area contributed by atoms with Gasteiger partial charge < -0.3 is 5.11 Å². The minimum absolute atomic E-state index is 0.257. The molecule has 0 bridgehead atoms. The van der Waals surface area contributed by atoms with Crippen LogP contribution in [0.25, 0.3) is 0 Å². The van der Waals surface area contributed by atoms with Crippen molar-refractivity contribution < 1.29 is 9.90 Å². The highest BCUT2D eigenvalue weighted by molar-refractivity contribution is 9.10. The van der Waals surface area contributed by atoms with Crippen LogP contribution in [-0.4, -0.2) is 35.6 Å². The number of likely N-dealkylation sites (tertiary alicyclic amines) is 1. The van der Waals surface area contributed by atoms with Crippen LogP contribution in [0.4, 0.5) is 0 Å². The van der Waals surface area contributed by atoms with E-state index in [9.17, 15) is 4.79 Å². The normalized spacial score (nSPS) is 19.6. The molecule has 1 aromatic carbocycles. The maximum Gasteiger partial charge on any atom is 0.265 e. The van der Waals surface area contributed by atoms with Gasteiger partial charge in [-0.1, -0.05) is 22.0 Å². The summed E-state index contributed by atoms with van der Waals surface area (Å²) in [5, 5.41) is 9.14. The molecular weight excluding hydrogens is 310 g/mol. The molecule has 4 N–H and O–H groups in total. The predicted octanol–water partition coefficient (Wildman–Crippen LogP) is 0.867. The number of hydrogen-bond donors (Lipinski definition) is 3. The van der Waals surface area contributed by atoms with E-state index in [1.807, 2.05) is 6.07 Å². The van der Waals surface area contributed by atoms with Gasteiger partial charge in [0.25, 0.3) is 5.91 Å². The molecule has 0 spiro atoms. The van der Waals surface area contributed by atoms with Crippen LogP contribution < -0.4 is 11.3 Å². The van der Waals surface area contributed by atoms with E-state index < -0.39 is 0 Å². The van der Waals surface area contributed by atoms with Gasteiger partial charge in [0, 0.05) is 29.7 Å². The smallest absolute Gasteiger partial charge is 0.265 e. The van der Waals surface area contributed by atoms with Crippen molar-refractivity contribution in [1.82, 2.24) is 10.3 Å². The number of halogens is 1. The van der Waals surface area contributed by atoms with E-state index in [2.05, 4.69) is 26.3 Å². The first-order valence-corrected chi connectivity index (χ1v) is 7.06. The Balaban J connectivity index is 2.03. The number of aliphatic hydroxyl groups is 1. The number of carbonyl (C=O) groups excluding carboxylic acids is 1. The van der Waals surface area contributed by atoms with Crippen molar-refractivity contribution in [2.75, 3.05) is 19.7 Å². The average molecular weight is 328 g/mol. The fraction of sp³-hybridized carbons (Fsp3) is 0.462. The summed E-state index contributed by atoms with van der Waals surface area (Å²) in [4.78, 5) is 13.7. The van der Waals surface area contributed by atoms with Crippen molar-refractivity contribution in [1.29, 1.82) is 0 Å². The first-order chi connectivity index (χ1) is 9.13. The van der Waals surface area contributed by atoms with Gasteiger partial charge in [0.05, 0.1) is 0 Å². The standard InChI is InChI=1S/C13H18BrN3O2/c14-12-5-10(13(19)16-15)1-2-11(12)7-17-4-3-9(6-17)8-18/h1-2,5,9,18H,3-4,6-8,15H2,(H,16,19). The zero-order valence-electron chi connectivity index (χ0n) is 10.6. The molecule has 1 saturated heterocycles. The fourth-order valence-electron chi connectivity index (χ4n) is 2.35. The largest absolute Gasteiger partial charge is 0.396 e. The van der Waals surface area contributed by atoms with E-state index in [-0.39, 0.29) is 12.5 Å². The minimum Gasteiger partial charge on any atom is -0.396 e. The van der Waals surface area contributed by atoms with E-state index in [4.69, 9.17) is 10.9 Å². The Morgan fingerprint density at radius 3 is 2.95 bits per heavy atom. The van der Waals surface area contributed by atoms with Gasteiger partial charge in [0.1, 0.15) is 0 Å². The zero-order chi connectivity index (χ0) is 13.8. The Labute approximate surface area is 120 Å². The second-order valence-electron chi connectivity index (χ2n) is 4.85. The summed E-state index contributed by atoms with van der Waals surface area (Å²) in [6.45, 7) is 3.01. The third-order valence-corrected chi connectivity index (χ3v) is 4.21. The average Bonchev–Trinajstić information content (AvgIpc) is 2.88. The lowest BCUT2D eigenvalue weighted by Crippen LogP contribution is -2.30. The lowest BCUT2D eigenvalue weighted by molar-refractivity contribution is 0.0953. The minimum atomic E-state index is -0.297. The van der Waals surface area contributed by atoms with Gasteiger partial charge in [-0.05, 0) is 36.6 Å². The molecule has 6 heteroatoms. The van der Waals surface area contributed by atoms with Crippen LogP contribution in [-0.2, 0) is 6.54 Å². The third-order valence-electron chi connectivity index (χ3n) is 3.47. The number of hydrazine groups is 1. The highest BCUT2D eigenvalue weighted by atomic mass is 79.9. The van der Waals surface area contributed by atoms with Crippen LogP contribution in [0.2, 0.25) is 0 Å². The van der Waals surface area contributed by atoms with E-state index in [0.29, 0.717) is 11.5 Å². The number of carbonyl (C=O) groups is 1. The SMILES string of the molecule is NNC(=O)c1ccc(CN2CCC(CO)C2)c(Br)c1. The molecule has 2 rings (SSSR count). The molecule has 1 amide bonds. The lowest BCUT2D eigenvalue weighted by Gasteiger charge is -2.17. The van der Waals surface area contributed by atoms with Crippen LogP contribution in [0, 0.1) is 5.92 Å². The summed E-state index contributed by atoms with van der Waals surface area (Å²) >= 11 is 3.49. The molecular formula is C13H18BrN3O2. The van der Waals surface area contributed by atoms with Crippen LogP contribution >= 0.6 is 15.9 Å². The maximum atomic E-state index is 11.4. The van der Waals surface area contributed by atoms with Crippen LogP contribution in [0.5, 0.6) is 0 Å². The van der Waals surface area contributed by atoms with Crippen LogP contribution in [0.15, 0.2) is 22.7 Å². The number of benzene rings is 1. The lowest BCUT2D eigenvalue weighted by atomic mass is 10.1. The summed E-state index contributed by atoms with van der Waals surface area (Å²) in [6.07, 6.45) is 1.04. The molecule has 1 fully saturated rings. The Bertz CT molecular complexity index is 467. The molecule has 0 saturated carbocycles. The topological polar surface area (TPSA) is 78.6 Å². The molecule has 1 aliphatic rings. The summed E-state index contributed by atoms with van der Waals surface area (Å²) in [5.41, 5.74) is 3.78. The number of hydrogen-bond acceptors (Lipinski definition) is 4. The van der Waals surface area contributed by atoms with Gasteiger partial charge in [-0.25, -0.2) is 5.84 Å². The Morgan fingerprint density at radius 1 is 1.58 bits per heavy atom. The molecule has 0 aliphatic carbocycles. The molecule has 0 aromatic heterocycles. The summed E-state index contributed by atoms with van der Waals surface area (Å²) < 4.78 is 0.904. The Hall–Kier alpha value is -0.950. The molecule has 1 aromatic rings. The molecule has 1 aliphatic heterocycles. The first-order valence-electron chi connectivity index (χ1n) is 6.26. The number of aliphatic hydroxyl groups excluding tert-OH is 1. The second-order valence-corrected chi connectivity index (χ2v) is 5.71. The third kappa shape index (κ3) is 3.54. The maximum absolute atomic E-state index is 11.4. The number of nitrogens with one attached hydrogen (secondary N) is 1. The predicted molar refractivity (Wildman–Crippen MR) is 76.3 cm³/mol. The molecule has 5 nitrogen and oxygen atoms in total. The first kappa shape index (κ1) is 14.5. The van der Waals surface area contributed by atoms with Crippen molar-refractivity contribution in [3.05, 3.63) is 33.8 Å². The van der Waals surface area contributed by atoms with Gasteiger partial charge in [-0.3, -0.25) is 15.1 Å². The van der Waals surface area contributed by atoms with Crippen molar-refractivity contribution in [3.63, 3.8) is 0 Å². The van der Waals surface area contributed by atoms with Gasteiger partial charge in [-0.15, -0.1) is 0 Å². The van der Waals surface area contributed by atoms with Gasteiger partial charge in [0.2, 0.25) is 0 Å². The summed E-state index contributed by atoms with van der Waals surface area (Å²) in [7, 11) is 0. The second kappa shape index (κ2) is 6.47. The van der Waals surface area contributed by atoms with Crippen molar-refractivity contribution in [2.45, 2.75) is 13.0 Å². The summed E-state index contributed by atoms with van der Waals surface area (Å²) in [6, 6.07) is 5.47. The van der Waals surface area contributed by atoms with Gasteiger partial charge >= 0.3 is 0 Å². The van der Waals surface area contributed by atoms with Crippen LogP contribution in [0.1, 0.15) is 22.3 Å². The molecule has 1 atom stereocenters. The number of nitrogens with zero attached hydrogens (tertiary/aromatic N) is 1. The zero-order valence-corrected chi connectivity index (χ0v) is 12.2. The van der Waals surface area contributed by atoms with E-state index >= 15 is 0 Å². The molecule has 1 unspecified atom stereocenters.